The highest BCUT2D eigenvalue weighted by atomic mass is 16.4. The minimum Gasteiger partial charge on any atom is -0.465 e. The zero-order chi connectivity index (χ0) is 8.53. The Morgan fingerprint density at radius 1 is 1.27 bits per heavy atom. The van der Waals surface area contributed by atoms with E-state index in [0.717, 1.165) is 25.8 Å². The van der Waals surface area contributed by atoms with E-state index in [1.165, 1.54) is 0 Å². The van der Waals surface area contributed by atoms with E-state index in [1.807, 2.05) is 7.05 Å². The Hall–Kier alpha value is -0.770. The van der Waals surface area contributed by atoms with Crippen molar-refractivity contribution < 1.29 is 9.90 Å². The lowest BCUT2D eigenvalue weighted by Crippen LogP contribution is -2.21. The first-order valence-corrected chi connectivity index (χ1v) is 3.88. The lowest BCUT2D eigenvalue weighted by molar-refractivity contribution is 0.194. The van der Waals surface area contributed by atoms with Gasteiger partial charge in [-0.05, 0) is 26.4 Å². The van der Waals surface area contributed by atoms with Crippen molar-refractivity contribution in [2.75, 3.05) is 20.1 Å². The van der Waals surface area contributed by atoms with E-state index in [-0.39, 0.29) is 0 Å². The fourth-order valence-electron chi connectivity index (χ4n) is 0.799. The van der Waals surface area contributed by atoms with Crippen molar-refractivity contribution in [3.63, 3.8) is 0 Å². The van der Waals surface area contributed by atoms with Crippen LogP contribution in [-0.4, -0.2) is 31.3 Å². The summed E-state index contributed by atoms with van der Waals surface area (Å²) < 4.78 is 0. The van der Waals surface area contributed by atoms with Crippen molar-refractivity contribution in [2.24, 2.45) is 0 Å². The zero-order valence-corrected chi connectivity index (χ0v) is 6.89. The molecule has 0 radical (unpaired) electrons. The Kier molecular flexibility index (Phi) is 6.82. The number of carbonyl (C=O) groups is 1. The molecule has 0 saturated carbocycles. The first kappa shape index (κ1) is 10.2. The van der Waals surface area contributed by atoms with Crippen LogP contribution >= 0.6 is 0 Å². The molecular formula is C7H16N2O2. The molecule has 0 unspecified atom stereocenters. The van der Waals surface area contributed by atoms with E-state index < -0.39 is 6.09 Å². The summed E-state index contributed by atoms with van der Waals surface area (Å²) >= 11 is 0. The Bertz CT molecular complexity index is 107. The molecule has 0 aliphatic heterocycles. The van der Waals surface area contributed by atoms with Crippen molar-refractivity contribution in [3.05, 3.63) is 0 Å². The molecule has 0 aliphatic rings. The van der Waals surface area contributed by atoms with Gasteiger partial charge in [0.15, 0.2) is 0 Å². The van der Waals surface area contributed by atoms with Crippen molar-refractivity contribution in [1.82, 2.24) is 10.6 Å². The predicted molar refractivity (Wildman–Crippen MR) is 43.8 cm³/mol. The molecule has 1 amide bonds. The number of unbranched alkanes of at least 4 members (excludes halogenated alkanes) is 2. The number of hydrogen-bond acceptors (Lipinski definition) is 2. The van der Waals surface area contributed by atoms with Gasteiger partial charge in [-0.15, -0.1) is 0 Å². The molecule has 0 fully saturated rings. The third kappa shape index (κ3) is 9.23. The Labute approximate surface area is 67.0 Å². The summed E-state index contributed by atoms with van der Waals surface area (Å²) in [7, 11) is 1.91. The van der Waals surface area contributed by atoms with Gasteiger partial charge in [0.25, 0.3) is 0 Å². The Balaban J connectivity index is 2.85. The first-order chi connectivity index (χ1) is 5.27. The monoisotopic (exact) mass is 160 g/mol. The molecule has 0 bridgehead atoms. The smallest absolute Gasteiger partial charge is 0.404 e. The molecule has 0 spiro atoms. The molecular weight excluding hydrogens is 144 g/mol. The van der Waals surface area contributed by atoms with Crippen LogP contribution in [0.1, 0.15) is 19.3 Å². The fourth-order valence-corrected chi connectivity index (χ4v) is 0.799. The first-order valence-electron chi connectivity index (χ1n) is 3.88. The average Bonchev–Trinajstić information content (AvgIpc) is 1.96. The van der Waals surface area contributed by atoms with E-state index in [2.05, 4.69) is 10.6 Å². The van der Waals surface area contributed by atoms with E-state index in [9.17, 15) is 4.79 Å². The van der Waals surface area contributed by atoms with Crippen molar-refractivity contribution in [3.8, 4) is 0 Å². The number of carboxylic acid groups (broad SMARTS) is 1. The predicted octanol–water partition coefficient (Wildman–Crippen LogP) is 0.644. The molecule has 4 nitrogen and oxygen atoms in total. The molecule has 0 rings (SSSR count). The second-order valence-electron chi connectivity index (χ2n) is 2.40. The van der Waals surface area contributed by atoms with Gasteiger partial charge in [0, 0.05) is 6.54 Å². The second-order valence-corrected chi connectivity index (χ2v) is 2.40. The van der Waals surface area contributed by atoms with Crippen LogP contribution in [0.3, 0.4) is 0 Å². The maximum absolute atomic E-state index is 9.96. The van der Waals surface area contributed by atoms with Crippen molar-refractivity contribution in [2.45, 2.75) is 19.3 Å². The number of hydrogen-bond donors (Lipinski definition) is 3. The molecule has 0 atom stereocenters. The fraction of sp³-hybridized carbons (Fsp3) is 0.857. The summed E-state index contributed by atoms with van der Waals surface area (Å²) in [5, 5.41) is 13.5. The average molecular weight is 160 g/mol. The topological polar surface area (TPSA) is 61.4 Å². The van der Waals surface area contributed by atoms with E-state index in [1.54, 1.807) is 0 Å². The van der Waals surface area contributed by atoms with E-state index in [4.69, 9.17) is 5.11 Å². The molecule has 4 heteroatoms. The van der Waals surface area contributed by atoms with Gasteiger partial charge in [-0.1, -0.05) is 6.42 Å². The van der Waals surface area contributed by atoms with Crippen LogP contribution in [0.15, 0.2) is 0 Å². The summed E-state index contributed by atoms with van der Waals surface area (Å²) in [5.74, 6) is 0. The standard InChI is InChI=1S/C7H16N2O2/c1-8-5-3-2-4-6-9-7(10)11/h8-9H,2-6H2,1H3,(H,10,11). The SMILES string of the molecule is CNCCCCCNC(=O)O. The van der Waals surface area contributed by atoms with Crippen LogP contribution in [0.4, 0.5) is 4.79 Å². The van der Waals surface area contributed by atoms with Crippen molar-refractivity contribution >= 4 is 6.09 Å². The van der Waals surface area contributed by atoms with Gasteiger partial charge >= 0.3 is 6.09 Å². The number of nitrogens with one attached hydrogen (secondary N) is 2. The maximum Gasteiger partial charge on any atom is 0.404 e. The lowest BCUT2D eigenvalue weighted by Gasteiger charge is -2.00. The summed E-state index contributed by atoms with van der Waals surface area (Å²) in [6, 6.07) is 0. The van der Waals surface area contributed by atoms with Crippen LogP contribution in [0.5, 0.6) is 0 Å². The van der Waals surface area contributed by atoms with E-state index in [0.29, 0.717) is 6.54 Å². The van der Waals surface area contributed by atoms with Crippen LogP contribution < -0.4 is 10.6 Å². The molecule has 11 heavy (non-hydrogen) atoms. The van der Waals surface area contributed by atoms with Gasteiger partial charge in [-0.2, -0.15) is 0 Å². The number of amides is 1. The van der Waals surface area contributed by atoms with Crippen molar-refractivity contribution in [1.29, 1.82) is 0 Å². The van der Waals surface area contributed by atoms with Gasteiger partial charge in [0.05, 0.1) is 0 Å². The lowest BCUT2D eigenvalue weighted by atomic mass is 10.2. The molecule has 0 aromatic carbocycles. The zero-order valence-electron chi connectivity index (χ0n) is 6.89. The Morgan fingerprint density at radius 3 is 2.45 bits per heavy atom. The summed E-state index contributed by atoms with van der Waals surface area (Å²) in [5.41, 5.74) is 0. The van der Waals surface area contributed by atoms with Gasteiger partial charge < -0.3 is 15.7 Å². The van der Waals surface area contributed by atoms with Gasteiger partial charge in [-0.3, -0.25) is 0 Å². The van der Waals surface area contributed by atoms with Gasteiger partial charge in [0.1, 0.15) is 0 Å². The quantitative estimate of drug-likeness (QED) is 0.500. The highest BCUT2D eigenvalue weighted by Gasteiger charge is 1.92. The van der Waals surface area contributed by atoms with Crippen LogP contribution in [0.25, 0.3) is 0 Å². The van der Waals surface area contributed by atoms with Gasteiger partial charge in [-0.25, -0.2) is 4.79 Å². The minimum atomic E-state index is -0.932. The highest BCUT2D eigenvalue weighted by molar-refractivity contribution is 5.64. The third-order valence-electron chi connectivity index (χ3n) is 1.38. The van der Waals surface area contributed by atoms with Crippen LogP contribution in [0.2, 0.25) is 0 Å². The molecule has 66 valence electrons. The normalized spacial score (nSPS) is 9.55. The molecule has 0 aromatic rings. The molecule has 0 saturated heterocycles. The summed E-state index contributed by atoms with van der Waals surface area (Å²) in [6.07, 6.45) is 2.17. The Morgan fingerprint density at radius 2 is 1.91 bits per heavy atom. The largest absolute Gasteiger partial charge is 0.465 e. The van der Waals surface area contributed by atoms with Gasteiger partial charge in [0.2, 0.25) is 0 Å². The summed E-state index contributed by atoms with van der Waals surface area (Å²) in [4.78, 5) is 9.96. The number of rotatable bonds is 6. The van der Waals surface area contributed by atoms with E-state index >= 15 is 0 Å². The molecule has 0 aromatic heterocycles. The molecule has 3 N–H and O–H groups in total. The second kappa shape index (κ2) is 7.34. The van der Waals surface area contributed by atoms with Crippen LogP contribution in [-0.2, 0) is 0 Å². The molecule has 0 heterocycles. The summed E-state index contributed by atoms with van der Waals surface area (Å²) in [6.45, 7) is 1.58. The minimum absolute atomic E-state index is 0.568. The maximum atomic E-state index is 9.96. The highest BCUT2D eigenvalue weighted by Crippen LogP contribution is 1.91. The van der Waals surface area contributed by atoms with Crippen LogP contribution in [0, 0.1) is 0 Å². The molecule has 0 aliphatic carbocycles. The third-order valence-corrected chi connectivity index (χ3v) is 1.38.